The average molecular weight is 624 g/mol. The molecule has 2 aromatic rings. The number of ether oxygens (including phenoxy) is 10. The topological polar surface area (TPSA) is 135 Å². The molecule has 44 heavy (non-hydrogen) atoms. The van der Waals surface area contributed by atoms with Crippen LogP contribution in [-0.2, 0) is 33.2 Å². The van der Waals surface area contributed by atoms with E-state index in [1.54, 1.807) is 55.6 Å². The SMILES string of the molecule is COCCOCCOCCOCCOCCOCCOCCCCCCOc1ccc(OC(=O)Oc2ccc(N)cc2)cc1. The molecule has 0 saturated heterocycles. The minimum atomic E-state index is -0.821. The summed E-state index contributed by atoms with van der Waals surface area (Å²) in [5.74, 6) is 1.44. The van der Waals surface area contributed by atoms with Gasteiger partial charge in [0.05, 0.1) is 85.9 Å². The molecule has 0 bridgehead atoms. The smallest absolute Gasteiger partial charge is 0.494 e. The molecule has 0 heterocycles. The summed E-state index contributed by atoms with van der Waals surface area (Å²) in [6, 6.07) is 13.3. The van der Waals surface area contributed by atoms with Gasteiger partial charge in [-0.05, 0) is 67.8 Å². The van der Waals surface area contributed by atoms with Crippen LogP contribution >= 0.6 is 0 Å². The monoisotopic (exact) mass is 623 g/mol. The molecule has 0 fully saturated rings. The van der Waals surface area contributed by atoms with E-state index in [1.165, 1.54) is 0 Å². The molecule has 0 aromatic heterocycles. The van der Waals surface area contributed by atoms with Crippen LogP contribution < -0.4 is 19.9 Å². The normalized spacial score (nSPS) is 11.0. The van der Waals surface area contributed by atoms with Crippen LogP contribution in [0.25, 0.3) is 0 Å². The third-order valence-corrected chi connectivity index (χ3v) is 5.85. The molecule has 0 spiro atoms. The van der Waals surface area contributed by atoms with Crippen LogP contribution in [0.15, 0.2) is 48.5 Å². The molecule has 248 valence electrons. The maximum Gasteiger partial charge on any atom is 0.519 e. The molecule has 0 aliphatic carbocycles. The zero-order valence-corrected chi connectivity index (χ0v) is 25.9. The van der Waals surface area contributed by atoms with Crippen molar-refractivity contribution in [2.45, 2.75) is 25.7 Å². The Morgan fingerprint density at radius 2 is 0.841 bits per heavy atom. The quantitative estimate of drug-likeness (QED) is 0.0617. The second kappa shape index (κ2) is 26.4. The summed E-state index contributed by atoms with van der Waals surface area (Å²) in [6.07, 6.45) is 3.24. The van der Waals surface area contributed by atoms with Gasteiger partial charge >= 0.3 is 6.16 Å². The van der Waals surface area contributed by atoms with Crippen LogP contribution in [0.4, 0.5) is 10.5 Å². The zero-order chi connectivity index (χ0) is 31.3. The van der Waals surface area contributed by atoms with Crippen molar-refractivity contribution >= 4 is 11.8 Å². The lowest BCUT2D eigenvalue weighted by atomic mass is 10.2. The van der Waals surface area contributed by atoms with Gasteiger partial charge in [-0.3, -0.25) is 0 Å². The summed E-state index contributed by atoms with van der Waals surface area (Å²) in [7, 11) is 1.64. The predicted octanol–water partition coefficient (Wildman–Crippen LogP) is 4.53. The summed E-state index contributed by atoms with van der Waals surface area (Å²) < 4.78 is 53.7. The highest BCUT2D eigenvalue weighted by atomic mass is 16.7. The van der Waals surface area contributed by atoms with Gasteiger partial charge in [-0.2, -0.15) is 0 Å². The van der Waals surface area contributed by atoms with Gasteiger partial charge in [0.25, 0.3) is 0 Å². The first-order valence-corrected chi connectivity index (χ1v) is 15.1. The number of rotatable bonds is 28. The Bertz CT molecular complexity index is 944. The van der Waals surface area contributed by atoms with E-state index in [-0.39, 0.29) is 0 Å². The first-order chi connectivity index (χ1) is 21.7. The molecule has 0 aliphatic heterocycles. The van der Waals surface area contributed by atoms with Gasteiger partial charge < -0.3 is 53.1 Å². The van der Waals surface area contributed by atoms with E-state index in [1.807, 2.05) is 0 Å². The molecule has 12 nitrogen and oxygen atoms in total. The number of nitrogen functional groups attached to an aromatic ring is 1. The lowest BCUT2D eigenvalue weighted by molar-refractivity contribution is -0.0191. The van der Waals surface area contributed by atoms with Crippen LogP contribution in [0, 0.1) is 0 Å². The zero-order valence-electron chi connectivity index (χ0n) is 25.9. The minimum absolute atomic E-state index is 0.357. The van der Waals surface area contributed by atoms with Crippen LogP contribution in [-0.4, -0.2) is 106 Å². The number of hydrogen-bond acceptors (Lipinski definition) is 12. The molecule has 0 atom stereocenters. The van der Waals surface area contributed by atoms with Gasteiger partial charge in [-0.15, -0.1) is 0 Å². The lowest BCUT2D eigenvalue weighted by Gasteiger charge is -2.09. The highest BCUT2D eigenvalue weighted by molar-refractivity contribution is 5.67. The van der Waals surface area contributed by atoms with Crippen molar-refractivity contribution in [1.82, 2.24) is 0 Å². The number of carbonyl (C=O) groups excluding carboxylic acids is 1. The molecule has 0 radical (unpaired) electrons. The van der Waals surface area contributed by atoms with Crippen LogP contribution in [0.1, 0.15) is 25.7 Å². The van der Waals surface area contributed by atoms with Crippen LogP contribution in [0.2, 0.25) is 0 Å². The number of anilines is 1. The average Bonchev–Trinajstić information content (AvgIpc) is 3.03. The van der Waals surface area contributed by atoms with Gasteiger partial charge in [0.2, 0.25) is 0 Å². The van der Waals surface area contributed by atoms with E-state index in [2.05, 4.69) is 0 Å². The summed E-state index contributed by atoms with van der Waals surface area (Å²) >= 11 is 0. The second-order valence-corrected chi connectivity index (χ2v) is 9.42. The van der Waals surface area contributed by atoms with Gasteiger partial charge in [0, 0.05) is 19.4 Å². The number of benzene rings is 2. The van der Waals surface area contributed by atoms with Crippen molar-refractivity contribution in [3.05, 3.63) is 48.5 Å². The Hall–Kier alpha value is -2.97. The molecular weight excluding hydrogens is 574 g/mol. The van der Waals surface area contributed by atoms with Crippen molar-refractivity contribution in [3.63, 3.8) is 0 Å². The lowest BCUT2D eigenvalue weighted by Crippen LogP contribution is -2.14. The molecule has 0 unspecified atom stereocenters. The summed E-state index contributed by atoms with van der Waals surface area (Å²) in [5.41, 5.74) is 6.20. The van der Waals surface area contributed by atoms with Crippen LogP contribution in [0.3, 0.4) is 0 Å². The van der Waals surface area contributed by atoms with Crippen LogP contribution in [0.5, 0.6) is 17.2 Å². The molecule has 0 amide bonds. The molecule has 2 rings (SSSR count). The van der Waals surface area contributed by atoms with E-state index in [0.717, 1.165) is 25.7 Å². The first kappa shape index (κ1) is 37.2. The maximum atomic E-state index is 11.9. The minimum Gasteiger partial charge on any atom is -0.494 e. The molecule has 0 saturated carbocycles. The third kappa shape index (κ3) is 20.9. The van der Waals surface area contributed by atoms with Gasteiger partial charge in [-0.1, -0.05) is 6.42 Å². The molecule has 2 aromatic carbocycles. The Morgan fingerprint density at radius 3 is 1.30 bits per heavy atom. The fraction of sp³-hybridized carbons (Fsp3) is 0.594. The van der Waals surface area contributed by atoms with Crippen molar-refractivity contribution in [2.24, 2.45) is 0 Å². The Balaban J connectivity index is 1.28. The number of nitrogens with two attached hydrogens (primary N) is 1. The van der Waals surface area contributed by atoms with Crippen molar-refractivity contribution < 1.29 is 52.2 Å². The van der Waals surface area contributed by atoms with E-state index in [9.17, 15) is 4.79 Å². The largest absolute Gasteiger partial charge is 0.519 e. The fourth-order valence-electron chi connectivity index (χ4n) is 3.55. The van der Waals surface area contributed by atoms with Gasteiger partial charge in [-0.25, -0.2) is 4.79 Å². The Morgan fingerprint density at radius 1 is 0.477 bits per heavy atom. The maximum absolute atomic E-state index is 11.9. The van der Waals surface area contributed by atoms with E-state index in [4.69, 9.17) is 53.1 Å². The highest BCUT2D eigenvalue weighted by Crippen LogP contribution is 2.20. The van der Waals surface area contributed by atoms with Gasteiger partial charge in [0.1, 0.15) is 17.2 Å². The molecule has 0 aliphatic rings. The van der Waals surface area contributed by atoms with Crippen molar-refractivity contribution in [2.75, 3.05) is 105 Å². The summed E-state index contributed by atoms with van der Waals surface area (Å²) in [4.78, 5) is 11.9. The third-order valence-electron chi connectivity index (χ3n) is 5.85. The second-order valence-electron chi connectivity index (χ2n) is 9.42. The molecule has 12 heteroatoms. The fourth-order valence-corrected chi connectivity index (χ4v) is 3.55. The first-order valence-electron chi connectivity index (χ1n) is 15.1. The standard InChI is InChI=1S/C32H49NO11/c1-35-16-17-37-20-21-39-24-25-41-27-26-40-23-22-38-19-18-36-14-4-2-3-5-15-42-29-10-12-31(13-11-29)44-32(34)43-30-8-6-28(33)7-9-30/h6-13H,2-5,14-27,33H2,1H3. The molecular formula is C32H49NO11. The Labute approximate surface area is 260 Å². The molecule has 2 N–H and O–H groups in total. The van der Waals surface area contributed by atoms with Crippen molar-refractivity contribution in [3.8, 4) is 17.2 Å². The van der Waals surface area contributed by atoms with Crippen molar-refractivity contribution in [1.29, 1.82) is 0 Å². The van der Waals surface area contributed by atoms with Gasteiger partial charge in [0.15, 0.2) is 0 Å². The highest BCUT2D eigenvalue weighted by Gasteiger charge is 2.08. The number of hydrogen-bond donors (Lipinski definition) is 1. The number of carbonyl (C=O) groups is 1. The summed E-state index contributed by atoms with van der Waals surface area (Å²) in [5, 5.41) is 0. The van der Waals surface area contributed by atoms with E-state index < -0.39 is 6.16 Å². The summed E-state index contributed by atoms with van der Waals surface area (Å²) in [6.45, 7) is 7.90. The van der Waals surface area contributed by atoms with E-state index in [0.29, 0.717) is 115 Å². The number of methoxy groups -OCH3 is 1. The Kier molecular flexibility index (Phi) is 22.4. The number of unbranched alkanes of at least 4 members (excludes halogenated alkanes) is 3. The predicted molar refractivity (Wildman–Crippen MR) is 165 cm³/mol. The van der Waals surface area contributed by atoms with E-state index >= 15 is 0 Å².